The molecular formula is C26H44N4O4. The summed E-state index contributed by atoms with van der Waals surface area (Å²) in [7, 11) is 1.57. The standard InChI is InChI=1S/C26H44N4O4/c1-7-11-24(22(2)32)30-18-16-28(14-15-29(17-19-30)20-21-31)13-10-8-9-12-23(27-6)25(33)34-26(3,4)5/h8-10,12,21,24H,7,11,13-20H2,1-6H3/b10-8+,12-9-,27-23?. The van der Waals surface area contributed by atoms with Crippen LogP contribution in [0.2, 0.25) is 0 Å². The monoisotopic (exact) mass is 476 g/mol. The van der Waals surface area contributed by atoms with Crippen molar-refractivity contribution in [2.75, 3.05) is 59.4 Å². The molecule has 0 aliphatic carbocycles. The molecule has 1 rings (SSSR count). The van der Waals surface area contributed by atoms with E-state index in [9.17, 15) is 14.4 Å². The number of nitrogens with zero attached hydrogens (tertiary/aromatic N) is 4. The van der Waals surface area contributed by atoms with Crippen LogP contribution in [-0.4, -0.2) is 109 Å². The van der Waals surface area contributed by atoms with E-state index in [0.717, 1.165) is 64.9 Å². The summed E-state index contributed by atoms with van der Waals surface area (Å²) < 4.78 is 5.36. The minimum atomic E-state index is -0.564. The highest BCUT2D eigenvalue weighted by Crippen LogP contribution is 2.11. The highest BCUT2D eigenvalue weighted by Gasteiger charge is 2.24. The summed E-state index contributed by atoms with van der Waals surface area (Å²) in [6.07, 6.45) is 10.2. The van der Waals surface area contributed by atoms with Gasteiger partial charge in [-0.3, -0.25) is 24.5 Å². The van der Waals surface area contributed by atoms with Gasteiger partial charge in [0.1, 0.15) is 23.4 Å². The molecule has 1 unspecified atom stereocenters. The van der Waals surface area contributed by atoms with Crippen LogP contribution in [0.1, 0.15) is 47.5 Å². The summed E-state index contributed by atoms with van der Waals surface area (Å²) in [5, 5.41) is 0. The Morgan fingerprint density at radius 1 is 1.00 bits per heavy atom. The molecule has 0 radical (unpaired) electrons. The normalized spacial score (nSPS) is 19.1. The molecule has 0 aromatic rings. The van der Waals surface area contributed by atoms with E-state index in [0.29, 0.717) is 6.54 Å². The first-order valence-corrected chi connectivity index (χ1v) is 12.3. The van der Waals surface area contributed by atoms with Gasteiger partial charge in [-0.1, -0.05) is 31.6 Å². The average Bonchev–Trinajstić information content (AvgIpc) is 2.84. The lowest BCUT2D eigenvalue weighted by Crippen LogP contribution is -2.46. The van der Waals surface area contributed by atoms with Crippen LogP contribution in [0.5, 0.6) is 0 Å². The predicted molar refractivity (Wildman–Crippen MR) is 137 cm³/mol. The van der Waals surface area contributed by atoms with Crippen LogP contribution in [0.15, 0.2) is 29.3 Å². The zero-order valence-corrected chi connectivity index (χ0v) is 22.0. The summed E-state index contributed by atoms with van der Waals surface area (Å²) in [5.41, 5.74) is -0.293. The Bertz CT molecular complexity index is 740. The number of carbonyl (C=O) groups excluding carboxylic acids is 3. The minimum Gasteiger partial charge on any atom is -0.455 e. The molecule has 0 aromatic heterocycles. The van der Waals surface area contributed by atoms with Crippen molar-refractivity contribution in [3.8, 4) is 0 Å². The lowest BCUT2D eigenvalue weighted by molar-refractivity contribution is -0.146. The van der Waals surface area contributed by atoms with E-state index < -0.39 is 11.6 Å². The molecule has 0 spiro atoms. The molecule has 192 valence electrons. The van der Waals surface area contributed by atoms with Crippen molar-refractivity contribution in [1.82, 2.24) is 14.7 Å². The fraction of sp³-hybridized carbons (Fsp3) is 0.692. The largest absolute Gasteiger partial charge is 0.455 e. The number of ketones is 1. The third kappa shape index (κ3) is 11.8. The number of hydrogen-bond acceptors (Lipinski definition) is 8. The number of esters is 1. The topological polar surface area (TPSA) is 82.5 Å². The molecule has 1 saturated heterocycles. The van der Waals surface area contributed by atoms with Crippen molar-refractivity contribution < 1.29 is 19.1 Å². The molecule has 1 heterocycles. The maximum Gasteiger partial charge on any atom is 0.356 e. The number of aldehydes is 1. The summed E-state index contributed by atoms with van der Waals surface area (Å²) in [4.78, 5) is 46.3. The van der Waals surface area contributed by atoms with Gasteiger partial charge in [-0.2, -0.15) is 0 Å². The molecular weight excluding hydrogens is 432 g/mol. The number of hydrogen-bond donors (Lipinski definition) is 0. The molecule has 0 amide bonds. The summed E-state index contributed by atoms with van der Waals surface area (Å²) in [6, 6.07) is -0.0684. The highest BCUT2D eigenvalue weighted by atomic mass is 16.6. The van der Waals surface area contributed by atoms with Gasteiger partial charge < -0.3 is 9.53 Å². The maximum absolute atomic E-state index is 12.3. The van der Waals surface area contributed by atoms with Gasteiger partial charge >= 0.3 is 5.97 Å². The number of allylic oxidation sites excluding steroid dienone is 2. The van der Waals surface area contributed by atoms with E-state index in [1.807, 2.05) is 32.9 Å². The van der Waals surface area contributed by atoms with Crippen molar-refractivity contribution in [3.05, 3.63) is 24.3 Å². The molecule has 0 saturated carbocycles. The first kappa shape index (κ1) is 29.9. The molecule has 8 nitrogen and oxygen atoms in total. The van der Waals surface area contributed by atoms with E-state index >= 15 is 0 Å². The molecule has 34 heavy (non-hydrogen) atoms. The van der Waals surface area contributed by atoms with E-state index in [-0.39, 0.29) is 17.5 Å². The number of carbonyl (C=O) groups is 3. The van der Waals surface area contributed by atoms with Crippen LogP contribution in [0.4, 0.5) is 0 Å². The van der Waals surface area contributed by atoms with Crippen LogP contribution < -0.4 is 0 Å². The van der Waals surface area contributed by atoms with Gasteiger partial charge in [-0.25, -0.2) is 4.79 Å². The first-order chi connectivity index (χ1) is 16.1. The number of Topliss-reactive ketones (excluding diaryl/α,β-unsaturated/α-hetero) is 1. The second-order valence-electron chi connectivity index (χ2n) is 9.62. The third-order valence-electron chi connectivity index (χ3n) is 5.66. The van der Waals surface area contributed by atoms with Gasteiger partial charge in [0.15, 0.2) is 0 Å². The second kappa shape index (κ2) is 15.7. The fourth-order valence-electron chi connectivity index (χ4n) is 3.86. The van der Waals surface area contributed by atoms with Crippen molar-refractivity contribution >= 4 is 23.8 Å². The molecule has 1 atom stereocenters. The fourth-order valence-corrected chi connectivity index (χ4v) is 3.86. The molecule has 0 bridgehead atoms. The Balaban J connectivity index is 2.79. The van der Waals surface area contributed by atoms with Crippen LogP contribution in [0.25, 0.3) is 0 Å². The molecule has 0 aromatic carbocycles. The van der Waals surface area contributed by atoms with Crippen LogP contribution in [0.3, 0.4) is 0 Å². The Hall–Kier alpha value is -2.16. The number of ether oxygens (including phenoxy) is 1. The summed E-state index contributed by atoms with van der Waals surface area (Å²) in [6.45, 7) is 15.3. The van der Waals surface area contributed by atoms with Crippen molar-refractivity contribution in [3.63, 3.8) is 0 Å². The zero-order valence-electron chi connectivity index (χ0n) is 22.0. The van der Waals surface area contributed by atoms with Crippen LogP contribution in [0, 0.1) is 0 Å². The smallest absolute Gasteiger partial charge is 0.356 e. The number of rotatable bonds is 11. The molecule has 8 heteroatoms. The third-order valence-corrected chi connectivity index (χ3v) is 5.66. The minimum absolute atomic E-state index is 0.0684. The van der Waals surface area contributed by atoms with Crippen LogP contribution >= 0.6 is 0 Å². The quantitative estimate of drug-likeness (QED) is 0.196. The van der Waals surface area contributed by atoms with E-state index in [2.05, 4.69) is 26.6 Å². The Labute approximate surface area is 205 Å². The second-order valence-corrected chi connectivity index (χ2v) is 9.62. The van der Waals surface area contributed by atoms with Gasteiger partial charge in [-0.05, 0) is 40.2 Å². The Morgan fingerprint density at radius 3 is 2.09 bits per heavy atom. The lowest BCUT2D eigenvalue weighted by atomic mass is 10.1. The van der Waals surface area contributed by atoms with E-state index in [4.69, 9.17) is 4.74 Å². The van der Waals surface area contributed by atoms with E-state index in [1.54, 1.807) is 26.1 Å². The average molecular weight is 477 g/mol. The van der Waals surface area contributed by atoms with Gasteiger partial charge in [-0.15, -0.1) is 0 Å². The Kier molecular flexibility index (Phi) is 13.8. The number of aliphatic imine (C=N–C) groups is 1. The van der Waals surface area contributed by atoms with Gasteiger partial charge in [0.05, 0.1) is 12.6 Å². The van der Waals surface area contributed by atoms with Crippen molar-refractivity contribution in [1.29, 1.82) is 0 Å². The molecule has 0 N–H and O–H groups in total. The first-order valence-electron chi connectivity index (χ1n) is 12.3. The predicted octanol–water partition coefficient (Wildman–Crippen LogP) is 2.39. The molecule has 1 aliphatic heterocycles. The highest BCUT2D eigenvalue weighted by molar-refractivity contribution is 6.41. The molecule has 1 aliphatic rings. The van der Waals surface area contributed by atoms with E-state index in [1.165, 1.54) is 0 Å². The zero-order chi connectivity index (χ0) is 25.6. The van der Waals surface area contributed by atoms with Gasteiger partial charge in [0, 0.05) is 52.9 Å². The van der Waals surface area contributed by atoms with Gasteiger partial charge in [0.25, 0.3) is 0 Å². The van der Waals surface area contributed by atoms with Crippen molar-refractivity contribution in [2.24, 2.45) is 4.99 Å². The van der Waals surface area contributed by atoms with Crippen molar-refractivity contribution in [2.45, 2.75) is 59.1 Å². The Morgan fingerprint density at radius 2 is 1.59 bits per heavy atom. The van der Waals surface area contributed by atoms with Gasteiger partial charge in [0.2, 0.25) is 0 Å². The summed E-state index contributed by atoms with van der Waals surface area (Å²) >= 11 is 0. The SMILES string of the molecule is CCCC(C(C)=O)N1CCN(CC=O)CCN(C/C=C/C=C\C(=NC)C(=O)OC(C)(C)C)CC1. The summed E-state index contributed by atoms with van der Waals surface area (Å²) in [5.74, 6) is -0.236. The maximum atomic E-state index is 12.3. The molecule has 1 fully saturated rings. The lowest BCUT2D eigenvalue weighted by Gasteiger charge is -2.31. The van der Waals surface area contributed by atoms with Crippen LogP contribution in [-0.2, 0) is 19.1 Å².